The van der Waals surface area contributed by atoms with Crippen molar-refractivity contribution in [1.29, 1.82) is 0 Å². The van der Waals surface area contributed by atoms with Crippen LogP contribution in [0.5, 0.6) is 0 Å². The van der Waals surface area contributed by atoms with Crippen LogP contribution in [0, 0.1) is 5.92 Å². The van der Waals surface area contributed by atoms with Gasteiger partial charge >= 0.3 is 6.03 Å². The van der Waals surface area contributed by atoms with E-state index in [1.165, 1.54) is 12.8 Å². The van der Waals surface area contributed by atoms with Gasteiger partial charge in [0.15, 0.2) is 0 Å². The summed E-state index contributed by atoms with van der Waals surface area (Å²) in [5.41, 5.74) is 0. The summed E-state index contributed by atoms with van der Waals surface area (Å²) in [7, 11) is 0. The number of aliphatic hydroxyl groups is 1. The van der Waals surface area contributed by atoms with Crippen molar-refractivity contribution < 1.29 is 9.90 Å². The van der Waals surface area contributed by atoms with Crippen molar-refractivity contribution in [3.63, 3.8) is 0 Å². The molecule has 1 aliphatic heterocycles. The van der Waals surface area contributed by atoms with Crippen LogP contribution in [0.2, 0.25) is 0 Å². The van der Waals surface area contributed by atoms with Crippen molar-refractivity contribution in [3.05, 3.63) is 0 Å². The molecule has 3 N–H and O–H groups in total. The monoisotopic (exact) mass is 243 g/mol. The van der Waals surface area contributed by atoms with E-state index in [0.29, 0.717) is 19.5 Å². The molecule has 0 aromatic rings. The molecule has 0 aromatic carbocycles. The lowest BCUT2D eigenvalue weighted by Gasteiger charge is -2.30. The van der Waals surface area contributed by atoms with Gasteiger partial charge in [-0.1, -0.05) is 6.92 Å². The van der Waals surface area contributed by atoms with Crippen LogP contribution in [0.25, 0.3) is 0 Å². The van der Waals surface area contributed by atoms with E-state index in [2.05, 4.69) is 22.5 Å². The molecule has 0 spiro atoms. The van der Waals surface area contributed by atoms with Crippen molar-refractivity contribution in [2.75, 3.05) is 39.3 Å². The number of amides is 2. The molecule has 1 heterocycles. The third kappa shape index (κ3) is 6.48. The van der Waals surface area contributed by atoms with Gasteiger partial charge in [0.1, 0.15) is 0 Å². The molecule has 0 saturated carbocycles. The number of piperidine rings is 1. The molecule has 0 bridgehead atoms. The van der Waals surface area contributed by atoms with Crippen LogP contribution in [0.4, 0.5) is 4.79 Å². The van der Waals surface area contributed by atoms with E-state index in [9.17, 15) is 4.79 Å². The third-order valence-electron chi connectivity index (χ3n) is 3.21. The summed E-state index contributed by atoms with van der Waals surface area (Å²) in [6.45, 7) is 6.86. The quantitative estimate of drug-likeness (QED) is 0.592. The van der Waals surface area contributed by atoms with Gasteiger partial charge in [-0.25, -0.2) is 4.79 Å². The highest BCUT2D eigenvalue weighted by molar-refractivity contribution is 5.73. The first-order chi connectivity index (χ1) is 8.22. The summed E-state index contributed by atoms with van der Waals surface area (Å²) < 4.78 is 0. The summed E-state index contributed by atoms with van der Waals surface area (Å²) in [4.78, 5) is 13.7. The lowest BCUT2D eigenvalue weighted by molar-refractivity contribution is 0.191. The van der Waals surface area contributed by atoms with Crippen molar-refractivity contribution in [2.24, 2.45) is 5.92 Å². The van der Waals surface area contributed by atoms with E-state index in [4.69, 9.17) is 5.11 Å². The van der Waals surface area contributed by atoms with Crippen LogP contribution in [0.15, 0.2) is 0 Å². The zero-order valence-corrected chi connectivity index (χ0v) is 10.7. The van der Waals surface area contributed by atoms with E-state index in [0.717, 1.165) is 25.6 Å². The molecule has 0 atom stereocenters. The second-order valence-corrected chi connectivity index (χ2v) is 4.78. The van der Waals surface area contributed by atoms with Gasteiger partial charge in [-0.2, -0.15) is 0 Å². The fourth-order valence-corrected chi connectivity index (χ4v) is 1.96. The highest BCUT2D eigenvalue weighted by Gasteiger charge is 2.14. The Labute approximate surface area is 104 Å². The van der Waals surface area contributed by atoms with E-state index in [1.807, 2.05) is 0 Å². The second kappa shape index (κ2) is 8.31. The third-order valence-corrected chi connectivity index (χ3v) is 3.21. The normalized spacial score (nSPS) is 18.0. The van der Waals surface area contributed by atoms with E-state index in [-0.39, 0.29) is 12.6 Å². The van der Waals surface area contributed by atoms with Crippen LogP contribution in [-0.2, 0) is 0 Å². The summed E-state index contributed by atoms with van der Waals surface area (Å²) >= 11 is 0. The zero-order valence-electron chi connectivity index (χ0n) is 10.7. The number of urea groups is 1. The Morgan fingerprint density at radius 2 is 1.94 bits per heavy atom. The fraction of sp³-hybridized carbons (Fsp3) is 0.917. The Bertz CT molecular complexity index is 216. The van der Waals surface area contributed by atoms with Gasteiger partial charge in [-0.05, 0) is 38.3 Å². The number of nitrogens with one attached hydrogen (secondary N) is 2. The van der Waals surface area contributed by atoms with Gasteiger partial charge in [-0.15, -0.1) is 0 Å². The molecular formula is C12H25N3O2. The molecule has 2 amide bonds. The van der Waals surface area contributed by atoms with Crippen LogP contribution in [0.3, 0.4) is 0 Å². The molecule has 1 rings (SSSR count). The van der Waals surface area contributed by atoms with Gasteiger partial charge in [0.2, 0.25) is 0 Å². The van der Waals surface area contributed by atoms with Crippen molar-refractivity contribution in [3.8, 4) is 0 Å². The molecule has 0 aromatic heterocycles. The smallest absolute Gasteiger partial charge is 0.314 e. The van der Waals surface area contributed by atoms with Gasteiger partial charge in [0, 0.05) is 26.2 Å². The number of hydrogen-bond donors (Lipinski definition) is 3. The summed E-state index contributed by atoms with van der Waals surface area (Å²) in [6.07, 6.45) is 3.14. The van der Waals surface area contributed by atoms with E-state index >= 15 is 0 Å². The number of nitrogens with zero attached hydrogens (tertiary/aromatic N) is 1. The average molecular weight is 243 g/mol. The molecule has 0 unspecified atom stereocenters. The summed E-state index contributed by atoms with van der Waals surface area (Å²) in [5.74, 6) is 0.848. The minimum absolute atomic E-state index is 0.117. The van der Waals surface area contributed by atoms with Crippen LogP contribution >= 0.6 is 0 Å². The maximum Gasteiger partial charge on any atom is 0.314 e. The number of carbonyl (C=O) groups excluding carboxylic acids is 1. The SMILES string of the molecule is CC1CCN(CCNC(=O)NCCCO)CC1. The van der Waals surface area contributed by atoms with Crippen molar-refractivity contribution in [1.82, 2.24) is 15.5 Å². The fourth-order valence-electron chi connectivity index (χ4n) is 1.96. The second-order valence-electron chi connectivity index (χ2n) is 4.78. The van der Waals surface area contributed by atoms with Crippen LogP contribution in [0.1, 0.15) is 26.2 Å². The molecule has 1 saturated heterocycles. The largest absolute Gasteiger partial charge is 0.396 e. The number of rotatable bonds is 6. The Morgan fingerprint density at radius 1 is 1.29 bits per heavy atom. The van der Waals surface area contributed by atoms with Gasteiger partial charge in [-0.3, -0.25) is 0 Å². The molecule has 0 aliphatic carbocycles. The molecule has 100 valence electrons. The molecular weight excluding hydrogens is 218 g/mol. The Morgan fingerprint density at radius 3 is 2.59 bits per heavy atom. The predicted octanol–water partition coefficient (Wildman–Crippen LogP) is 0.400. The minimum atomic E-state index is -0.135. The summed E-state index contributed by atoms with van der Waals surface area (Å²) in [5, 5.41) is 14.1. The topological polar surface area (TPSA) is 64.6 Å². The average Bonchev–Trinajstić information content (AvgIpc) is 2.32. The Balaban J connectivity index is 1.97. The molecule has 5 nitrogen and oxygen atoms in total. The first-order valence-electron chi connectivity index (χ1n) is 6.57. The minimum Gasteiger partial charge on any atom is -0.396 e. The molecule has 17 heavy (non-hydrogen) atoms. The molecule has 0 radical (unpaired) electrons. The standard InChI is InChI=1S/C12H25N3O2/c1-11-3-7-15(8-4-11)9-6-14-12(17)13-5-2-10-16/h11,16H,2-10H2,1H3,(H2,13,14,17). The first kappa shape index (κ1) is 14.3. The summed E-state index contributed by atoms with van der Waals surface area (Å²) in [6, 6.07) is -0.135. The number of carbonyl (C=O) groups is 1. The van der Waals surface area contributed by atoms with Gasteiger partial charge in [0.05, 0.1) is 0 Å². The Hall–Kier alpha value is -0.810. The van der Waals surface area contributed by atoms with Crippen LogP contribution < -0.4 is 10.6 Å². The van der Waals surface area contributed by atoms with E-state index in [1.54, 1.807) is 0 Å². The first-order valence-corrected chi connectivity index (χ1v) is 6.57. The molecule has 1 fully saturated rings. The predicted molar refractivity (Wildman–Crippen MR) is 67.9 cm³/mol. The maximum absolute atomic E-state index is 11.3. The highest BCUT2D eigenvalue weighted by atomic mass is 16.3. The number of aliphatic hydroxyl groups excluding tert-OH is 1. The lowest BCUT2D eigenvalue weighted by atomic mass is 9.99. The molecule has 5 heteroatoms. The lowest BCUT2D eigenvalue weighted by Crippen LogP contribution is -2.42. The number of hydrogen-bond acceptors (Lipinski definition) is 3. The van der Waals surface area contributed by atoms with E-state index < -0.39 is 0 Å². The molecule has 1 aliphatic rings. The highest BCUT2D eigenvalue weighted by Crippen LogP contribution is 2.14. The number of likely N-dealkylation sites (tertiary alicyclic amines) is 1. The zero-order chi connectivity index (χ0) is 12.5. The van der Waals surface area contributed by atoms with Crippen LogP contribution in [-0.4, -0.2) is 55.4 Å². The van der Waals surface area contributed by atoms with Gasteiger partial charge in [0.25, 0.3) is 0 Å². The van der Waals surface area contributed by atoms with Crippen molar-refractivity contribution in [2.45, 2.75) is 26.2 Å². The van der Waals surface area contributed by atoms with Crippen molar-refractivity contribution >= 4 is 6.03 Å². The van der Waals surface area contributed by atoms with Gasteiger partial charge < -0.3 is 20.6 Å². The maximum atomic E-state index is 11.3. The Kier molecular flexibility index (Phi) is 6.96.